The maximum absolute atomic E-state index is 14.5. The summed E-state index contributed by atoms with van der Waals surface area (Å²) in [6.07, 6.45) is 4.43. The van der Waals surface area contributed by atoms with Crippen LogP contribution in [0.5, 0.6) is 0 Å². The zero-order chi connectivity index (χ0) is 21.3. The lowest BCUT2D eigenvalue weighted by atomic mass is 9.91. The SMILES string of the molecule is CC(=NN)C1=NCCC(Nc2c(F)cccc2Cl)c2cc(-c3cnn(C)c3)ccc21. The van der Waals surface area contributed by atoms with Crippen LogP contribution in [0.3, 0.4) is 0 Å². The van der Waals surface area contributed by atoms with Gasteiger partial charge in [0.15, 0.2) is 0 Å². The first-order valence-electron chi connectivity index (χ1n) is 9.61. The number of para-hydroxylation sites is 1. The van der Waals surface area contributed by atoms with Gasteiger partial charge in [-0.1, -0.05) is 29.8 Å². The first kappa shape index (κ1) is 20.1. The van der Waals surface area contributed by atoms with Crippen molar-refractivity contribution in [1.82, 2.24) is 9.78 Å². The van der Waals surface area contributed by atoms with Gasteiger partial charge in [-0.15, -0.1) is 0 Å². The molecule has 2 aromatic carbocycles. The third kappa shape index (κ3) is 3.80. The lowest BCUT2D eigenvalue weighted by Gasteiger charge is -2.22. The van der Waals surface area contributed by atoms with Crippen molar-refractivity contribution < 1.29 is 4.39 Å². The number of anilines is 1. The van der Waals surface area contributed by atoms with Crippen LogP contribution in [0.2, 0.25) is 5.02 Å². The van der Waals surface area contributed by atoms with Crippen LogP contribution < -0.4 is 11.2 Å². The van der Waals surface area contributed by atoms with Gasteiger partial charge in [0.25, 0.3) is 0 Å². The highest BCUT2D eigenvalue weighted by molar-refractivity contribution is 6.48. The Morgan fingerprint density at radius 1 is 1.30 bits per heavy atom. The summed E-state index contributed by atoms with van der Waals surface area (Å²) in [5.74, 6) is 5.15. The number of fused-ring (bicyclic) bond motifs is 1. The third-order valence-corrected chi connectivity index (χ3v) is 5.54. The van der Waals surface area contributed by atoms with Crippen molar-refractivity contribution in [3.05, 3.63) is 70.8 Å². The average molecular weight is 425 g/mol. The second-order valence-corrected chi connectivity index (χ2v) is 7.64. The van der Waals surface area contributed by atoms with Crippen LogP contribution in [0.25, 0.3) is 11.1 Å². The van der Waals surface area contributed by atoms with Gasteiger partial charge in [-0.3, -0.25) is 9.67 Å². The Morgan fingerprint density at radius 2 is 2.13 bits per heavy atom. The molecule has 3 aromatic rings. The molecular weight excluding hydrogens is 403 g/mol. The summed E-state index contributed by atoms with van der Waals surface area (Å²) < 4.78 is 16.2. The molecule has 1 unspecified atom stereocenters. The van der Waals surface area contributed by atoms with E-state index in [1.165, 1.54) is 6.07 Å². The number of nitrogens with one attached hydrogen (secondary N) is 1. The van der Waals surface area contributed by atoms with Crippen LogP contribution in [-0.4, -0.2) is 27.7 Å². The molecule has 0 saturated heterocycles. The molecule has 0 aliphatic carbocycles. The van der Waals surface area contributed by atoms with Crippen LogP contribution in [-0.2, 0) is 7.05 Å². The van der Waals surface area contributed by atoms with E-state index in [4.69, 9.17) is 22.4 Å². The number of aromatic nitrogens is 2. The van der Waals surface area contributed by atoms with Crippen LogP contribution in [0, 0.1) is 5.82 Å². The predicted octanol–water partition coefficient (Wildman–Crippen LogP) is 4.56. The number of nitrogens with two attached hydrogens (primary N) is 1. The summed E-state index contributed by atoms with van der Waals surface area (Å²) >= 11 is 6.27. The van der Waals surface area contributed by atoms with Crippen LogP contribution >= 0.6 is 11.6 Å². The largest absolute Gasteiger partial charge is 0.375 e. The van der Waals surface area contributed by atoms with Crippen LogP contribution in [0.1, 0.15) is 30.5 Å². The van der Waals surface area contributed by atoms with E-state index >= 15 is 0 Å². The lowest BCUT2D eigenvalue weighted by molar-refractivity contribution is 0.622. The van der Waals surface area contributed by atoms with Crippen molar-refractivity contribution in [2.75, 3.05) is 11.9 Å². The Morgan fingerprint density at radius 3 is 2.83 bits per heavy atom. The predicted molar refractivity (Wildman–Crippen MR) is 120 cm³/mol. The van der Waals surface area contributed by atoms with Gasteiger partial charge in [0.05, 0.1) is 34.4 Å². The Labute approximate surface area is 179 Å². The molecule has 1 aliphatic heterocycles. The van der Waals surface area contributed by atoms with Gasteiger partial charge in [-0.2, -0.15) is 10.2 Å². The minimum atomic E-state index is -0.391. The highest BCUT2D eigenvalue weighted by Crippen LogP contribution is 2.35. The molecule has 30 heavy (non-hydrogen) atoms. The van der Waals surface area contributed by atoms with Gasteiger partial charge >= 0.3 is 0 Å². The first-order valence-corrected chi connectivity index (χ1v) is 9.99. The molecule has 0 bridgehead atoms. The van der Waals surface area contributed by atoms with Gasteiger partial charge in [0.1, 0.15) is 5.82 Å². The van der Waals surface area contributed by atoms with Crippen molar-refractivity contribution >= 4 is 28.7 Å². The number of aryl methyl sites for hydroxylation is 1. The van der Waals surface area contributed by atoms with Crippen molar-refractivity contribution in [2.45, 2.75) is 19.4 Å². The van der Waals surface area contributed by atoms with E-state index in [1.54, 1.807) is 16.8 Å². The number of aliphatic imine (C=N–C) groups is 1. The van der Waals surface area contributed by atoms with Gasteiger partial charge in [-0.25, -0.2) is 4.39 Å². The Bertz CT molecular complexity index is 1130. The molecule has 4 rings (SSSR count). The fourth-order valence-corrected chi connectivity index (χ4v) is 3.91. The third-order valence-electron chi connectivity index (χ3n) is 5.23. The zero-order valence-electron chi connectivity index (χ0n) is 16.7. The van der Waals surface area contributed by atoms with Crippen molar-refractivity contribution in [2.24, 2.45) is 23.0 Å². The summed E-state index contributed by atoms with van der Waals surface area (Å²) in [5.41, 5.74) is 5.58. The van der Waals surface area contributed by atoms with E-state index in [1.807, 2.05) is 38.5 Å². The number of hydrazone groups is 1. The smallest absolute Gasteiger partial charge is 0.147 e. The maximum Gasteiger partial charge on any atom is 0.147 e. The molecule has 154 valence electrons. The van der Waals surface area contributed by atoms with Crippen molar-refractivity contribution in [3.63, 3.8) is 0 Å². The minimum absolute atomic E-state index is 0.196. The number of hydrogen-bond donors (Lipinski definition) is 2. The first-order chi connectivity index (χ1) is 14.5. The Balaban J connectivity index is 1.83. The van der Waals surface area contributed by atoms with Gasteiger partial charge in [0, 0.05) is 30.9 Å². The normalized spacial score (nSPS) is 16.6. The minimum Gasteiger partial charge on any atom is -0.375 e. The Kier molecular flexibility index (Phi) is 5.55. The summed E-state index contributed by atoms with van der Waals surface area (Å²) in [6, 6.07) is 10.6. The van der Waals surface area contributed by atoms with Crippen LogP contribution in [0.15, 0.2) is 58.9 Å². The molecule has 0 spiro atoms. The van der Waals surface area contributed by atoms with Crippen LogP contribution in [0.4, 0.5) is 10.1 Å². The standard InChI is InChI=1S/C22H22ClFN6/c1-13(29-25)21-16-7-6-14(15-11-27-30(2)12-15)10-17(16)20(8-9-26-21)28-22-18(23)4-3-5-19(22)24/h3-7,10-12,20,28H,8-9,25H2,1-2H3. The molecule has 1 aliphatic rings. The topological polar surface area (TPSA) is 80.6 Å². The maximum atomic E-state index is 14.5. The second-order valence-electron chi connectivity index (χ2n) is 7.23. The van der Waals surface area contributed by atoms with E-state index in [-0.39, 0.29) is 11.7 Å². The van der Waals surface area contributed by atoms with Crippen molar-refractivity contribution in [3.8, 4) is 11.1 Å². The van der Waals surface area contributed by atoms with Gasteiger partial charge in [-0.05, 0) is 42.7 Å². The molecule has 0 amide bonds. The molecule has 2 heterocycles. The fourth-order valence-electron chi connectivity index (χ4n) is 3.69. The number of nitrogens with zero attached hydrogens (tertiary/aromatic N) is 4. The molecule has 8 heteroatoms. The van der Waals surface area contributed by atoms with Gasteiger partial charge in [0.2, 0.25) is 0 Å². The molecule has 0 radical (unpaired) electrons. The molecule has 0 saturated carbocycles. The molecule has 0 fully saturated rings. The Hall–Kier alpha value is -3.19. The highest BCUT2D eigenvalue weighted by atomic mass is 35.5. The number of benzene rings is 2. The van der Waals surface area contributed by atoms with Crippen molar-refractivity contribution in [1.29, 1.82) is 0 Å². The number of hydrogen-bond acceptors (Lipinski definition) is 5. The van der Waals surface area contributed by atoms with E-state index in [0.717, 1.165) is 28.0 Å². The van der Waals surface area contributed by atoms with E-state index < -0.39 is 5.82 Å². The average Bonchev–Trinajstić information content (AvgIpc) is 3.09. The highest BCUT2D eigenvalue weighted by Gasteiger charge is 2.25. The summed E-state index contributed by atoms with van der Waals surface area (Å²) in [5, 5.41) is 11.8. The fraction of sp³-hybridized carbons (Fsp3) is 0.227. The van der Waals surface area contributed by atoms with E-state index in [9.17, 15) is 4.39 Å². The second kappa shape index (κ2) is 8.28. The molecule has 6 nitrogen and oxygen atoms in total. The molecular formula is C22H22ClFN6. The monoisotopic (exact) mass is 424 g/mol. The molecule has 1 atom stereocenters. The van der Waals surface area contributed by atoms with E-state index in [2.05, 4.69) is 21.6 Å². The molecule has 1 aromatic heterocycles. The van der Waals surface area contributed by atoms with Gasteiger partial charge < -0.3 is 11.2 Å². The summed E-state index contributed by atoms with van der Waals surface area (Å²) in [4.78, 5) is 4.70. The number of rotatable bonds is 4. The molecule has 3 N–H and O–H groups in total. The summed E-state index contributed by atoms with van der Waals surface area (Å²) in [7, 11) is 1.88. The number of halogens is 2. The zero-order valence-corrected chi connectivity index (χ0v) is 17.5. The lowest BCUT2D eigenvalue weighted by Crippen LogP contribution is -2.18. The van der Waals surface area contributed by atoms with E-state index in [0.29, 0.717) is 23.7 Å². The quantitative estimate of drug-likeness (QED) is 0.366. The summed E-state index contributed by atoms with van der Waals surface area (Å²) in [6.45, 7) is 2.38.